The minimum absolute atomic E-state index is 0. The van der Waals surface area contributed by atoms with Crippen molar-refractivity contribution < 1.29 is 9.53 Å². The fraction of sp³-hybridized carbons (Fsp3) is 0.929. The Balaban J connectivity index is 0.00000180. The van der Waals surface area contributed by atoms with E-state index < -0.39 is 5.60 Å². The van der Waals surface area contributed by atoms with Crippen LogP contribution in [0.4, 0.5) is 4.79 Å². The molecule has 1 N–H and O–H groups in total. The Hall–Kier alpha value is -0.480. The van der Waals surface area contributed by atoms with E-state index in [1.165, 1.54) is 12.8 Å². The second-order valence-electron chi connectivity index (χ2n) is 6.47. The van der Waals surface area contributed by atoms with Crippen LogP contribution in [0.1, 0.15) is 46.5 Å². The molecule has 0 aliphatic carbocycles. The average molecular weight is 291 g/mol. The first kappa shape index (κ1) is 16.6. The highest BCUT2D eigenvalue weighted by Gasteiger charge is 2.37. The fourth-order valence-corrected chi connectivity index (χ4v) is 3.06. The highest BCUT2D eigenvalue weighted by atomic mass is 35.5. The zero-order chi connectivity index (χ0) is 13.2. The monoisotopic (exact) mass is 290 g/mol. The number of ether oxygens (including phenoxy) is 1. The maximum absolute atomic E-state index is 12.2. The van der Waals surface area contributed by atoms with Gasteiger partial charge in [-0.3, -0.25) is 0 Å². The number of nitrogens with zero attached hydrogens (tertiary/aromatic N) is 1. The predicted molar refractivity (Wildman–Crippen MR) is 78.8 cm³/mol. The van der Waals surface area contributed by atoms with Crippen molar-refractivity contribution in [3.63, 3.8) is 0 Å². The zero-order valence-electron chi connectivity index (χ0n) is 12.3. The Bertz CT molecular complexity index is 298. The molecule has 112 valence electrons. The Morgan fingerprint density at radius 2 is 1.84 bits per heavy atom. The van der Waals surface area contributed by atoms with E-state index in [1.807, 2.05) is 25.7 Å². The van der Waals surface area contributed by atoms with E-state index >= 15 is 0 Å². The van der Waals surface area contributed by atoms with E-state index in [2.05, 4.69) is 5.32 Å². The lowest BCUT2D eigenvalue weighted by Crippen LogP contribution is -2.45. The summed E-state index contributed by atoms with van der Waals surface area (Å²) in [5.74, 6) is 0.654. The van der Waals surface area contributed by atoms with Crippen molar-refractivity contribution in [2.75, 3.05) is 19.6 Å². The third-order valence-corrected chi connectivity index (χ3v) is 3.86. The van der Waals surface area contributed by atoms with E-state index in [9.17, 15) is 4.79 Å². The van der Waals surface area contributed by atoms with Gasteiger partial charge in [0.15, 0.2) is 0 Å². The molecule has 0 bridgehead atoms. The zero-order valence-corrected chi connectivity index (χ0v) is 13.1. The van der Waals surface area contributed by atoms with Crippen LogP contribution in [0.5, 0.6) is 0 Å². The van der Waals surface area contributed by atoms with Crippen molar-refractivity contribution in [2.45, 2.75) is 58.1 Å². The van der Waals surface area contributed by atoms with E-state index in [4.69, 9.17) is 4.74 Å². The van der Waals surface area contributed by atoms with Crippen molar-refractivity contribution in [3.05, 3.63) is 0 Å². The van der Waals surface area contributed by atoms with Gasteiger partial charge in [-0.2, -0.15) is 0 Å². The van der Waals surface area contributed by atoms with Gasteiger partial charge in [0.25, 0.3) is 0 Å². The number of nitrogens with one attached hydrogen (secondary N) is 1. The molecule has 4 nitrogen and oxygen atoms in total. The molecule has 2 heterocycles. The largest absolute Gasteiger partial charge is 0.444 e. The maximum atomic E-state index is 12.2. The molecule has 2 rings (SSSR count). The summed E-state index contributed by atoms with van der Waals surface area (Å²) in [6.45, 7) is 8.83. The van der Waals surface area contributed by atoms with Gasteiger partial charge < -0.3 is 15.0 Å². The number of hydrogen-bond donors (Lipinski definition) is 1. The van der Waals surface area contributed by atoms with Gasteiger partial charge in [0, 0.05) is 12.6 Å². The highest BCUT2D eigenvalue weighted by molar-refractivity contribution is 5.85. The summed E-state index contributed by atoms with van der Waals surface area (Å²) in [6, 6.07) is 0.405. The van der Waals surface area contributed by atoms with Crippen LogP contribution < -0.4 is 5.32 Å². The minimum atomic E-state index is -0.391. The van der Waals surface area contributed by atoms with Gasteiger partial charge in [-0.05, 0) is 65.5 Å². The van der Waals surface area contributed by atoms with Gasteiger partial charge >= 0.3 is 6.09 Å². The van der Waals surface area contributed by atoms with E-state index in [0.29, 0.717) is 12.0 Å². The molecule has 0 saturated carbocycles. The normalized spacial score (nSPS) is 25.0. The van der Waals surface area contributed by atoms with Crippen LogP contribution in [0.2, 0.25) is 0 Å². The van der Waals surface area contributed by atoms with Crippen molar-refractivity contribution in [1.82, 2.24) is 10.2 Å². The summed E-state index contributed by atoms with van der Waals surface area (Å²) in [5.41, 5.74) is -0.391. The third kappa shape index (κ3) is 4.53. The van der Waals surface area contributed by atoms with E-state index in [-0.39, 0.29) is 18.5 Å². The number of carbonyl (C=O) groups excluding carboxylic acids is 1. The molecule has 0 aromatic heterocycles. The topological polar surface area (TPSA) is 41.6 Å². The molecule has 0 radical (unpaired) electrons. The molecule has 1 amide bonds. The average Bonchev–Trinajstić information content (AvgIpc) is 2.76. The molecule has 2 aliphatic rings. The van der Waals surface area contributed by atoms with E-state index in [0.717, 1.165) is 32.5 Å². The lowest BCUT2D eigenvalue weighted by atomic mass is 9.89. The summed E-state index contributed by atoms with van der Waals surface area (Å²) >= 11 is 0. The molecule has 0 aromatic rings. The maximum Gasteiger partial charge on any atom is 0.410 e. The van der Waals surface area contributed by atoms with Crippen LogP contribution in [0, 0.1) is 5.92 Å². The standard InChI is InChI=1S/C14H26N2O2.ClH/c1-14(2,3)18-13(17)16-10-4-5-12(16)11-6-8-15-9-7-11;/h11-12,15H,4-10H2,1-3H3;1H. The lowest BCUT2D eigenvalue weighted by Gasteiger charge is -2.35. The molecule has 2 fully saturated rings. The molecular formula is C14H27ClN2O2. The molecular weight excluding hydrogens is 264 g/mol. The highest BCUT2D eigenvalue weighted by Crippen LogP contribution is 2.30. The summed E-state index contributed by atoms with van der Waals surface area (Å²) in [6.07, 6.45) is 4.51. The summed E-state index contributed by atoms with van der Waals surface area (Å²) in [7, 11) is 0. The Morgan fingerprint density at radius 3 is 2.42 bits per heavy atom. The predicted octanol–water partition coefficient (Wildman–Crippen LogP) is 2.81. The quantitative estimate of drug-likeness (QED) is 0.807. The smallest absolute Gasteiger partial charge is 0.410 e. The van der Waals surface area contributed by atoms with Crippen molar-refractivity contribution in [2.24, 2.45) is 5.92 Å². The molecule has 0 spiro atoms. The Morgan fingerprint density at radius 1 is 1.21 bits per heavy atom. The van der Waals surface area contributed by atoms with Crippen LogP contribution in [0.3, 0.4) is 0 Å². The van der Waals surface area contributed by atoms with Crippen molar-refractivity contribution in [3.8, 4) is 0 Å². The fourth-order valence-electron chi connectivity index (χ4n) is 3.06. The summed E-state index contributed by atoms with van der Waals surface area (Å²) in [5, 5.41) is 3.39. The number of hydrogen-bond acceptors (Lipinski definition) is 3. The minimum Gasteiger partial charge on any atom is -0.444 e. The molecule has 19 heavy (non-hydrogen) atoms. The van der Waals surface area contributed by atoms with Crippen molar-refractivity contribution >= 4 is 18.5 Å². The number of rotatable bonds is 1. The number of halogens is 1. The lowest BCUT2D eigenvalue weighted by molar-refractivity contribution is 0.0160. The third-order valence-electron chi connectivity index (χ3n) is 3.86. The van der Waals surface area contributed by atoms with Gasteiger partial charge in [-0.15, -0.1) is 12.4 Å². The molecule has 5 heteroatoms. The molecule has 2 aliphatic heterocycles. The molecule has 1 unspecified atom stereocenters. The second-order valence-corrected chi connectivity index (χ2v) is 6.47. The van der Waals surface area contributed by atoms with Gasteiger partial charge in [0.1, 0.15) is 5.60 Å². The molecule has 2 saturated heterocycles. The Labute approximate surface area is 122 Å². The van der Waals surface area contributed by atoms with Gasteiger partial charge in [0.2, 0.25) is 0 Å². The summed E-state index contributed by atoms with van der Waals surface area (Å²) in [4.78, 5) is 14.2. The first-order chi connectivity index (χ1) is 8.47. The first-order valence-corrected chi connectivity index (χ1v) is 7.18. The van der Waals surface area contributed by atoms with Crippen molar-refractivity contribution in [1.29, 1.82) is 0 Å². The first-order valence-electron chi connectivity index (χ1n) is 7.18. The van der Waals surface area contributed by atoms with Gasteiger partial charge in [-0.25, -0.2) is 4.79 Å². The number of likely N-dealkylation sites (tertiary alicyclic amines) is 1. The second kappa shape index (κ2) is 6.80. The van der Waals surface area contributed by atoms with Crippen LogP contribution >= 0.6 is 12.4 Å². The van der Waals surface area contributed by atoms with Gasteiger partial charge in [-0.1, -0.05) is 0 Å². The van der Waals surface area contributed by atoms with Crippen LogP contribution in [-0.2, 0) is 4.74 Å². The van der Waals surface area contributed by atoms with E-state index in [1.54, 1.807) is 0 Å². The van der Waals surface area contributed by atoms with Crippen LogP contribution in [0.15, 0.2) is 0 Å². The number of amides is 1. The van der Waals surface area contributed by atoms with Gasteiger partial charge in [0.05, 0.1) is 0 Å². The number of carbonyl (C=O) groups is 1. The number of piperidine rings is 1. The Kier molecular flexibility index (Phi) is 5.93. The SMILES string of the molecule is CC(C)(C)OC(=O)N1CCCC1C1CCNCC1.Cl. The van der Waals surface area contributed by atoms with Crippen LogP contribution in [0.25, 0.3) is 0 Å². The molecule has 1 atom stereocenters. The molecule has 0 aromatic carbocycles. The summed E-state index contributed by atoms with van der Waals surface area (Å²) < 4.78 is 5.51. The van der Waals surface area contributed by atoms with Crippen LogP contribution in [-0.4, -0.2) is 42.3 Å².